The zero-order chi connectivity index (χ0) is 17.0. The van der Waals surface area contributed by atoms with Gasteiger partial charge in [0.1, 0.15) is 25.7 Å². The number of carbonyl (C=O) groups is 2. The molecule has 0 aromatic rings. The summed E-state index contributed by atoms with van der Waals surface area (Å²) in [6.45, 7) is 2.99. The average Bonchev–Trinajstić information content (AvgIpc) is 2.46. The largest absolute Gasteiger partial charge is 0.451 e. The van der Waals surface area contributed by atoms with Gasteiger partial charge in [-0.25, -0.2) is 21.6 Å². The second-order valence-corrected chi connectivity index (χ2v) is 9.98. The van der Waals surface area contributed by atoms with Crippen LogP contribution in [0.15, 0.2) is 0 Å². The molecule has 0 radical (unpaired) electrons. The first-order chi connectivity index (χ1) is 10.1. The normalized spacial score (nSPS) is 23.0. The predicted molar refractivity (Wildman–Crippen MR) is 79.7 cm³/mol. The fourth-order valence-electron chi connectivity index (χ4n) is 1.85. The van der Waals surface area contributed by atoms with Gasteiger partial charge in [-0.3, -0.25) is 4.79 Å². The van der Waals surface area contributed by atoms with Crippen molar-refractivity contribution in [1.82, 2.24) is 5.32 Å². The fourth-order valence-corrected chi connectivity index (χ4v) is 3.60. The number of ether oxygens (including phenoxy) is 1. The Morgan fingerprint density at radius 2 is 1.45 bits per heavy atom. The molecule has 1 aliphatic rings. The van der Waals surface area contributed by atoms with Gasteiger partial charge in [-0.1, -0.05) is 13.8 Å². The molecule has 1 fully saturated rings. The molecular weight excluding hydrogens is 334 g/mol. The lowest BCUT2D eigenvalue weighted by atomic mass is 10.1. The highest BCUT2D eigenvalue weighted by Crippen LogP contribution is 2.13. The summed E-state index contributed by atoms with van der Waals surface area (Å²) in [6.07, 6.45) is -1.30. The van der Waals surface area contributed by atoms with E-state index in [1.54, 1.807) is 0 Å². The predicted octanol–water partition coefficient (Wildman–Crippen LogP) is -0.954. The van der Waals surface area contributed by atoms with Crippen LogP contribution in [-0.2, 0) is 34.0 Å². The Labute approximate surface area is 130 Å². The summed E-state index contributed by atoms with van der Waals surface area (Å²) in [7, 11) is -6.50. The molecule has 22 heavy (non-hydrogen) atoms. The summed E-state index contributed by atoms with van der Waals surface area (Å²) in [4.78, 5) is 23.6. The third-order valence-electron chi connectivity index (χ3n) is 3.44. The number of rotatable bonds is 8. The molecule has 8 nitrogen and oxygen atoms in total. The van der Waals surface area contributed by atoms with Gasteiger partial charge in [0.05, 0.1) is 11.5 Å². The maximum absolute atomic E-state index is 11.8. The van der Waals surface area contributed by atoms with Gasteiger partial charge in [0.2, 0.25) is 0 Å². The van der Waals surface area contributed by atoms with Crippen LogP contribution < -0.4 is 5.32 Å². The maximum Gasteiger partial charge on any atom is 0.329 e. The SMILES string of the molecule is CCS(=O)(=O)CC[C@@H]1NC(=O)[C@H](CCS(=O)(=O)CC)OC1=O. The summed E-state index contributed by atoms with van der Waals surface area (Å²) in [5, 5.41) is 2.39. The maximum atomic E-state index is 11.8. The van der Waals surface area contributed by atoms with Gasteiger partial charge < -0.3 is 10.1 Å². The second kappa shape index (κ2) is 7.40. The van der Waals surface area contributed by atoms with E-state index < -0.39 is 43.7 Å². The number of esters is 1. The zero-order valence-electron chi connectivity index (χ0n) is 12.6. The van der Waals surface area contributed by atoms with Gasteiger partial charge in [-0.15, -0.1) is 0 Å². The van der Waals surface area contributed by atoms with Gasteiger partial charge in [0.15, 0.2) is 6.10 Å². The molecule has 0 spiro atoms. The van der Waals surface area contributed by atoms with Crippen LogP contribution in [0.5, 0.6) is 0 Å². The number of nitrogens with one attached hydrogen (secondary N) is 1. The average molecular weight is 355 g/mol. The molecule has 1 aliphatic heterocycles. The van der Waals surface area contributed by atoms with Gasteiger partial charge in [-0.2, -0.15) is 0 Å². The van der Waals surface area contributed by atoms with E-state index in [0.29, 0.717) is 0 Å². The van der Waals surface area contributed by atoms with E-state index in [1.165, 1.54) is 13.8 Å². The minimum atomic E-state index is -3.26. The Bertz CT molecular complexity index is 568. The van der Waals surface area contributed by atoms with Crippen molar-refractivity contribution in [2.24, 2.45) is 0 Å². The van der Waals surface area contributed by atoms with Crippen LogP contribution in [0.1, 0.15) is 26.7 Å². The zero-order valence-corrected chi connectivity index (χ0v) is 14.2. The summed E-state index contributed by atoms with van der Waals surface area (Å²) in [5.41, 5.74) is 0. The number of hydrogen-bond donors (Lipinski definition) is 1. The Balaban J connectivity index is 2.58. The molecule has 2 atom stereocenters. The summed E-state index contributed by atoms with van der Waals surface area (Å²) in [5.74, 6) is -1.88. The second-order valence-electron chi connectivity index (χ2n) is 5.04. The van der Waals surface area contributed by atoms with Crippen molar-refractivity contribution in [3.63, 3.8) is 0 Å². The van der Waals surface area contributed by atoms with E-state index in [1.807, 2.05) is 0 Å². The standard InChI is InChI=1S/C12H21NO7S2/c1-3-21(16,17)7-5-9-12(15)20-10(11(14)13-9)6-8-22(18,19)4-2/h9-10H,3-8H2,1-2H3,(H,13,14)/t9-,10-/m0/s1. The minimum absolute atomic E-state index is 0.0415. The Morgan fingerprint density at radius 1 is 0.955 bits per heavy atom. The molecule has 1 heterocycles. The first-order valence-electron chi connectivity index (χ1n) is 7.02. The molecule has 1 saturated heterocycles. The molecule has 10 heteroatoms. The van der Waals surface area contributed by atoms with E-state index in [-0.39, 0.29) is 35.9 Å². The first kappa shape index (κ1) is 18.9. The van der Waals surface area contributed by atoms with E-state index in [4.69, 9.17) is 4.74 Å². The number of carbonyl (C=O) groups excluding carboxylic acids is 2. The Morgan fingerprint density at radius 3 is 1.95 bits per heavy atom. The van der Waals surface area contributed by atoms with Crippen LogP contribution in [-0.4, -0.2) is 63.9 Å². The van der Waals surface area contributed by atoms with Gasteiger partial charge in [0, 0.05) is 17.9 Å². The van der Waals surface area contributed by atoms with Crippen LogP contribution in [0.2, 0.25) is 0 Å². The van der Waals surface area contributed by atoms with Crippen LogP contribution in [0.3, 0.4) is 0 Å². The van der Waals surface area contributed by atoms with Crippen molar-refractivity contribution >= 4 is 31.6 Å². The molecule has 0 aromatic carbocycles. The monoisotopic (exact) mass is 355 g/mol. The molecule has 0 bridgehead atoms. The van der Waals surface area contributed by atoms with Crippen molar-refractivity contribution in [1.29, 1.82) is 0 Å². The van der Waals surface area contributed by atoms with Gasteiger partial charge in [0.25, 0.3) is 5.91 Å². The molecule has 0 aliphatic carbocycles. The van der Waals surface area contributed by atoms with Crippen LogP contribution >= 0.6 is 0 Å². The fraction of sp³-hybridized carbons (Fsp3) is 0.833. The molecule has 1 amide bonds. The lowest BCUT2D eigenvalue weighted by molar-refractivity contribution is -0.165. The van der Waals surface area contributed by atoms with Crippen LogP contribution in [0.25, 0.3) is 0 Å². The smallest absolute Gasteiger partial charge is 0.329 e. The van der Waals surface area contributed by atoms with Crippen molar-refractivity contribution < 1.29 is 31.2 Å². The van der Waals surface area contributed by atoms with Crippen LogP contribution in [0.4, 0.5) is 0 Å². The number of hydrogen-bond acceptors (Lipinski definition) is 7. The Hall–Kier alpha value is -1.16. The minimum Gasteiger partial charge on any atom is -0.451 e. The molecule has 0 unspecified atom stereocenters. The van der Waals surface area contributed by atoms with Gasteiger partial charge >= 0.3 is 5.97 Å². The van der Waals surface area contributed by atoms with Crippen molar-refractivity contribution in [3.8, 4) is 0 Å². The van der Waals surface area contributed by atoms with Crippen molar-refractivity contribution in [3.05, 3.63) is 0 Å². The molecular formula is C12H21NO7S2. The molecule has 0 aromatic heterocycles. The van der Waals surface area contributed by atoms with E-state index in [2.05, 4.69) is 5.32 Å². The number of morpholine rings is 1. The highest BCUT2D eigenvalue weighted by molar-refractivity contribution is 7.91. The van der Waals surface area contributed by atoms with E-state index >= 15 is 0 Å². The number of amides is 1. The molecule has 0 saturated carbocycles. The molecule has 128 valence electrons. The van der Waals surface area contributed by atoms with E-state index in [0.717, 1.165) is 0 Å². The quantitative estimate of drug-likeness (QED) is 0.556. The number of sulfone groups is 2. The number of cyclic esters (lactones) is 1. The third-order valence-corrected chi connectivity index (χ3v) is 6.91. The summed E-state index contributed by atoms with van der Waals surface area (Å²) < 4.78 is 50.6. The summed E-state index contributed by atoms with van der Waals surface area (Å²) in [6, 6.07) is -1.01. The Kier molecular flexibility index (Phi) is 6.36. The highest BCUT2D eigenvalue weighted by atomic mass is 32.2. The van der Waals surface area contributed by atoms with E-state index in [9.17, 15) is 26.4 Å². The highest BCUT2D eigenvalue weighted by Gasteiger charge is 2.36. The lowest BCUT2D eigenvalue weighted by Crippen LogP contribution is -2.54. The van der Waals surface area contributed by atoms with Crippen LogP contribution in [0, 0.1) is 0 Å². The van der Waals surface area contributed by atoms with Crippen molar-refractivity contribution in [2.75, 3.05) is 23.0 Å². The topological polar surface area (TPSA) is 124 Å². The van der Waals surface area contributed by atoms with Gasteiger partial charge in [-0.05, 0) is 6.42 Å². The molecule has 1 N–H and O–H groups in total. The van der Waals surface area contributed by atoms with Crippen molar-refractivity contribution in [2.45, 2.75) is 38.8 Å². The summed E-state index contributed by atoms with van der Waals surface area (Å²) >= 11 is 0. The molecule has 1 rings (SSSR count). The first-order valence-corrected chi connectivity index (χ1v) is 10.7. The third kappa shape index (κ3) is 5.56. The lowest BCUT2D eigenvalue weighted by Gasteiger charge is -2.28.